The molecule has 0 radical (unpaired) electrons. The summed E-state index contributed by atoms with van der Waals surface area (Å²) in [4.78, 5) is 12.6. The van der Waals surface area contributed by atoms with E-state index in [2.05, 4.69) is 5.32 Å². The van der Waals surface area contributed by atoms with Crippen molar-refractivity contribution in [3.05, 3.63) is 47.3 Å². The Labute approximate surface area is 157 Å². The van der Waals surface area contributed by atoms with Crippen LogP contribution in [0.25, 0.3) is 0 Å². The Morgan fingerprint density at radius 3 is 2.73 bits per heavy atom. The lowest BCUT2D eigenvalue weighted by molar-refractivity contribution is -0.120. The molecule has 1 amide bonds. The van der Waals surface area contributed by atoms with Crippen LogP contribution in [0.1, 0.15) is 18.4 Å². The fraction of sp³-hybridized carbons (Fsp3) is 0.389. The number of carbonyl (C=O) groups excluding carboxylic acids is 1. The molecule has 140 valence electrons. The molecule has 2 heterocycles. The van der Waals surface area contributed by atoms with E-state index in [9.17, 15) is 13.2 Å². The summed E-state index contributed by atoms with van der Waals surface area (Å²) in [6.45, 7) is 1.19. The van der Waals surface area contributed by atoms with E-state index in [1.54, 1.807) is 24.6 Å². The van der Waals surface area contributed by atoms with Gasteiger partial charge in [0.05, 0.1) is 12.5 Å². The Balaban J connectivity index is 1.64. The Bertz CT molecular complexity index is 833. The number of benzene rings is 1. The lowest BCUT2D eigenvalue weighted by Crippen LogP contribution is -2.43. The van der Waals surface area contributed by atoms with Crippen LogP contribution in [0.4, 0.5) is 5.69 Å². The fourth-order valence-corrected chi connectivity index (χ4v) is 5.68. The molecule has 8 heteroatoms. The first-order valence-electron chi connectivity index (χ1n) is 8.43. The monoisotopic (exact) mass is 394 g/mol. The van der Waals surface area contributed by atoms with Crippen molar-refractivity contribution in [3.63, 3.8) is 0 Å². The maximum absolute atomic E-state index is 12.7. The lowest BCUT2D eigenvalue weighted by atomic mass is 9.98. The standard InChI is InChI=1S/C18H22N2O4S2/c1-24-13-14-6-8-16(9-7-14)19-18(21)15-4-2-10-20(12-15)26(22,23)17-5-3-11-25-17/h3,5-9,11,15H,2,4,10,12-13H2,1H3,(H,19,21). The van der Waals surface area contributed by atoms with Crippen LogP contribution in [-0.2, 0) is 26.2 Å². The van der Waals surface area contributed by atoms with Gasteiger partial charge in [-0.1, -0.05) is 18.2 Å². The second-order valence-electron chi connectivity index (χ2n) is 6.25. The summed E-state index contributed by atoms with van der Waals surface area (Å²) < 4.78 is 32.2. The van der Waals surface area contributed by atoms with Gasteiger partial charge in [-0.05, 0) is 42.0 Å². The highest BCUT2D eigenvalue weighted by molar-refractivity contribution is 7.91. The predicted octanol–water partition coefficient (Wildman–Crippen LogP) is 2.93. The molecule has 0 saturated carbocycles. The Kier molecular flexibility index (Phi) is 6.08. The average molecular weight is 395 g/mol. The van der Waals surface area contributed by atoms with Gasteiger partial charge in [-0.25, -0.2) is 8.42 Å². The molecular weight excluding hydrogens is 372 g/mol. The van der Waals surface area contributed by atoms with E-state index in [-0.39, 0.29) is 18.4 Å². The van der Waals surface area contributed by atoms with Crippen LogP contribution in [0.2, 0.25) is 0 Å². The number of carbonyl (C=O) groups is 1. The molecule has 1 N–H and O–H groups in total. The summed E-state index contributed by atoms with van der Waals surface area (Å²) in [6.07, 6.45) is 1.36. The normalized spacial score (nSPS) is 18.6. The maximum Gasteiger partial charge on any atom is 0.252 e. The summed E-state index contributed by atoms with van der Waals surface area (Å²) in [6, 6.07) is 10.8. The van der Waals surface area contributed by atoms with Gasteiger partial charge < -0.3 is 10.1 Å². The van der Waals surface area contributed by atoms with Gasteiger partial charge in [0.15, 0.2) is 0 Å². The van der Waals surface area contributed by atoms with Crippen molar-refractivity contribution in [2.24, 2.45) is 5.92 Å². The van der Waals surface area contributed by atoms with E-state index in [0.29, 0.717) is 35.9 Å². The Hall–Kier alpha value is -1.74. The number of anilines is 1. The SMILES string of the molecule is COCc1ccc(NC(=O)C2CCCN(S(=O)(=O)c3cccs3)C2)cc1. The van der Waals surface area contributed by atoms with Crippen LogP contribution in [0.15, 0.2) is 46.0 Å². The van der Waals surface area contributed by atoms with Crippen LogP contribution >= 0.6 is 11.3 Å². The van der Waals surface area contributed by atoms with Crippen molar-refractivity contribution in [1.82, 2.24) is 4.31 Å². The van der Waals surface area contributed by atoms with Crippen LogP contribution in [0, 0.1) is 5.92 Å². The number of piperidine rings is 1. The van der Waals surface area contributed by atoms with Crippen molar-refractivity contribution in [2.45, 2.75) is 23.7 Å². The first-order valence-corrected chi connectivity index (χ1v) is 10.7. The first kappa shape index (κ1) is 19.0. The molecule has 1 atom stereocenters. The molecule has 1 saturated heterocycles. The highest BCUT2D eigenvalue weighted by Crippen LogP contribution is 2.27. The van der Waals surface area contributed by atoms with Gasteiger partial charge in [0.2, 0.25) is 5.91 Å². The second-order valence-corrected chi connectivity index (χ2v) is 9.37. The third-order valence-corrected chi connectivity index (χ3v) is 7.61. The fourth-order valence-electron chi connectivity index (χ4n) is 3.01. The Morgan fingerprint density at radius 1 is 1.31 bits per heavy atom. The molecule has 6 nitrogen and oxygen atoms in total. The number of methoxy groups -OCH3 is 1. The number of rotatable bonds is 6. The summed E-state index contributed by atoms with van der Waals surface area (Å²) in [5, 5.41) is 4.63. The molecule has 3 rings (SSSR count). The molecule has 26 heavy (non-hydrogen) atoms. The molecule has 1 aromatic carbocycles. The molecule has 1 aliphatic heterocycles. The number of ether oxygens (including phenoxy) is 1. The number of nitrogens with one attached hydrogen (secondary N) is 1. The molecule has 0 spiro atoms. The van der Waals surface area contributed by atoms with E-state index in [1.165, 1.54) is 15.6 Å². The first-order chi connectivity index (χ1) is 12.5. The molecule has 0 aliphatic carbocycles. The zero-order valence-electron chi connectivity index (χ0n) is 14.6. The van der Waals surface area contributed by atoms with Crippen molar-refractivity contribution in [1.29, 1.82) is 0 Å². The third-order valence-electron chi connectivity index (χ3n) is 4.38. The minimum absolute atomic E-state index is 0.143. The van der Waals surface area contributed by atoms with Gasteiger partial charge in [0.1, 0.15) is 4.21 Å². The van der Waals surface area contributed by atoms with Gasteiger partial charge >= 0.3 is 0 Å². The van der Waals surface area contributed by atoms with Crippen LogP contribution in [0.5, 0.6) is 0 Å². The number of thiophene rings is 1. The van der Waals surface area contributed by atoms with E-state index in [4.69, 9.17) is 4.74 Å². The molecule has 1 aliphatic rings. The molecule has 1 fully saturated rings. The summed E-state index contributed by atoms with van der Waals surface area (Å²) in [5.74, 6) is -0.493. The third kappa shape index (κ3) is 4.32. The minimum atomic E-state index is -3.51. The van der Waals surface area contributed by atoms with Gasteiger partial charge in [-0.2, -0.15) is 4.31 Å². The van der Waals surface area contributed by atoms with Crippen molar-refractivity contribution >= 4 is 33.0 Å². The summed E-state index contributed by atoms with van der Waals surface area (Å²) >= 11 is 1.20. The largest absolute Gasteiger partial charge is 0.380 e. The molecular formula is C18H22N2O4S2. The second kappa shape index (κ2) is 8.30. The number of sulfonamides is 1. The smallest absolute Gasteiger partial charge is 0.252 e. The number of hydrogen-bond donors (Lipinski definition) is 1. The molecule has 0 bridgehead atoms. The van der Waals surface area contributed by atoms with E-state index >= 15 is 0 Å². The predicted molar refractivity (Wildman–Crippen MR) is 102 cm³/mol. The molecule has 2 aromatic rings. The lowest BCUT2D eigenvalue weighted by Gasteiger charge is -2.30. The Morgan fingerprint density at radius 2 is 2.08 bits per heavy atom. The summed E-state index contributed by atoms with van der Waals surface area (Å²) in [5.41, 5.74) is 1.73. The van der Waals surface area contributed by atoms with Gasteiger partial charge in [-0.3, -0.25) is 4.79 Å². The van der Waals surface area contributed by atoms with Crippen LogP contribution < -0.4 is 5.32 Å². The van der Waals surface area contributed by atoms with E-state index in [1.807, 2.05) is 24.3 Å². The zero-order chi connectivity index (χ0) is 18.6. The maximum atomic E-state index is 12.7. The van der Waals surface area contributed by atoms with Crippen molar-refractivity contribution in [3.8, 4) is 0 Å². The number of nitrogens with zero attached hydrogens (tertiary/aromatic N) is 1. The van der Waals surface area contributed by atoms with Crippen LogP contribution in [-0.4, -0.2) is 38.8 Å². The van der Waals surface area contributed by atoms with Gasteiger partial charge in [-0.15, -0.1) is 11.3 Å². The zero-order valence-corrected chi connectivity index (χ0v) is 16.2. The van der Waals surface area contributed by atoms with Gasteiger partial charge in [0, 0.05) is 25.9 Å². The molecule has 1 aromatic heterocycles. The summed E-state index contributed by atoms with van der Waals surface area (Å²) in [7, 11) is -1.88. The number of amides is 1. The number of hydrogen-bond acceptors (Lipinski definition) is 5. The minimum Gasteiger partial charge on any atom is -0.380 e. The van der Waals surface area contributed by atoms with Crippen LogP contribution in [0.3, 0.4) is 0 Å². The van der Waals surface area contributed by atoms with Gasteiger partial charge in [0.25, 0.3) is 10.0 Å². The van der Waals surface area contributed by atoms with E-state index in [0.717, 1.165) is 5.56 Å². The topological polar surface area (TPSA) is 75.7 Å². The highest BCUT2D eigenvalue weighted by Gasteiger charge is 2.33. The van der Waals surface area contributed by atoms with Crippen molar-refractivity contribution in [2.75, 3.05) is 25.5 Å². The molecule has 1 unspecified atom stereocenters. The highest BCUT2D eigenvalue weighted by atomic mass is 32.2. The quantitative estimate of drug-likeness (QED) is 0.817. The van der Waals surface area contributed by atoms with E-state index < -0.39 is 10.0 Å². The van der Waals surface area contributed by atoms with Crippen molar-refractivity contribution < 1.29 is 17.9 Å². The average Bonchev–Trinajstić information content (AvgIpc) is 3.19.